The topological polar surface area (TPSA) is 99.1 Å². The third kappa shape index (κ3) is 36.2. The van der Waals surface area contributed by atoms with Gasteiger partial charge in [0.15, 0.2) is 12.1 Å². The monoisotopic (exact) mass is 771 g/mol. The van der Waals surface area contributed by atoms with Gasteiger partial charge < -0.3 is 23.8 Å². The maximum Gasteiger partial charge on any atom is 0.362 e. The molecule has 8 nitrogen and oxygen atoms in total. The lowest BCUT2D eigenvalue weighted by atomic mass is 10.1. The lowest BCUT2D eigenvalue weighted by molar-refractivity contribution is -0.887. The van der Waals surface area contributed by atoms with E-state index in [4.69, 9.17) is 14.2 Å². The summed E-state index contributed by atoms with van der Waals surface area (Å²) >= 11 is 0. The van der Waals surface area contributed by atoms with Crippen LogP contribution in [0.4, 0.5) is 0 Å². The predicted molar refractivity (Wildman–Crippen MR) is 229 cm³/mol. The Balaban J connectivity index is 4.38. The molecule has 0 spiro atoms. The summed E-state index contributed by atoms with van der Waals surface area (Å²) in [6.45, 7) is 4.45. The number of carbonyl (C=O) groups excluding carboxylic acids is 2. The SMILES string of the molecule is CC/C=C/C/C=C/C/C=C/CCCCCCCCCCCC(=O)OC(COCCC(C(=O)O)[N+](C)(C)C)COC(=O)CCCC/C=C/C/C=C/C/C=C/CC. The molecule has 2 unspecified atom stereocenters. The molecule has 0 fully saturated rings. The first-order chi connectivity index (χ1) is 26.6. The smallest absolute Gasteiger partial charge is 0.362 e. The van der Waals surface area contributed by atoms with Crippen molar-refractivity contribution in [3.63, 3.8) is 0 Å². The van der Waals surface area contributed by atoms with E-state index in [0.717, 1.165) is 83.5 Å². The Hall–Kier alpha value is -3.23. The number of esters is 2. The highest BCUT2D eigenvalue weighted by atomic mass is 16.6. The zero-order valence-corrected chi connectivity index (χ0v) is 35.6. The second-order valence-corrected chi connectivity index (χ2v) is 15.2. The van der Waals surface area contributed by atoms with E-state index >= 15 is 0 Å². The fourth-order valence-electron chi connectivity index (χ4n) is 5.82. The average Bonchev–Trinajstić information content (AvgIpc) is 3.14. The van der Waals surface area contributed by atoms with Crippen molar-refractivity contribution in [2.45, 2.75) is 167 Å². The number of carbonyl (C=O) groups is 3. The molecule has 0 bridgehead atoms. The molecule has 8 heteroatoms. The number of nitrogens with zero attached hydrogens (tertiary/aromatic N) is 1. The predicted octanol–water partition coefficient (Wildman–Crippen LogP) is 11.6. The standard InChI is InChI=1S/C47H79NO7/c1-6-8-10-12-14-16-18-20-21-22-23-24-25-26-28-30-32-34-36-38-46(50)55-43(41-53-40-39-44(47(51)52)48(3,4)5)42-54-45(49)37-35-33-31-29-27-19-17-15-13-11-9-7-2/h8-11,14-17,20-21,27,29,43-44H,6-7,12-13,18-19,22-26,28,30-42H2,1-5H3/p+1/b10-8+,11-9+,16-14+,17-15+,21-20+,29-27+. The summed E-state index contributed by atoms with van der Waals surface area (Å²) in [5.41, 5.74) is 0. The third-order valence-corrected chi connectivity index (χ3v) is 9.10. The molecule has 314 valence electrons. The Morgan fingerprint density at radius 3 is 1.45 bits per heavy atom. The number of hydrogen-bond donors (Lipinski definition) is 1. The largest absolute Gasteiger partial charge is 0.477 e. The summed E-state index contributed by atoms with van der Waals surface area (Å²) in [6.07, 6.45) is 46.7. The van der Waals surface area contributed by atoms with Crippen LogP contribution in [0, 0.1) is 0 Å². The van der Waals surface area contributed by atoms with Gasteiger partial charge >= 0.3 is 17.9 Å². The van der Waals surface area contributed by atoms with Crippen LogP contribution in [0.1, 0.15) is 155 Å². The number of carboxylic acids is 1. The third-order valence-electron chi connectivity index (χ3n) is 9.10. The Morgan fingerprint density at radius 1 is 0.545 bits per heavy atom. The fraction of sp³-hybridized carbons (Fsp3) is 0.681. The highest BCUT2D eigenvalue weighted by Crippen LogP contribution is 2.14. The van der Waals surface area contributed by atoms with E-state index in [2.05, 4.69) is 86.8 Å². The molecule has 0 saturated carbocycles. The van der Waals surface area contributed by atoms with E-state index in [-0.39, 0.29) is 36.2 Å². The molecule has 0 aromatic rings. The fourth-order valence-corrected chi connectivity index (χ4v) is 5.82. The van der Waals surface area contributed by atoms with Gasteiger partial charge in [-0.15, -0.1) is 0 Å². The molecule has 0 rings (SSSR count). The summed E-state index contributed by atoms with van der Waals surface area (Å²) < 4.78 is 17.2. The molecule has 0 amide bonds. The number of likely N-dealkylation sites (N-methyl/N-ethyl adjacent to an activating group) is 1. The first kappa shape index (κ1) is 51.8. The molecule has 0 aliphatic carbocycles. The normalized spacial score (nSPS) is 13.7. The van der Waals surface area contributed by atoms with E-state index in [1.807, 2.05) is 21.1 Å². The number of carboxylic acid groups (broad SMARTS) is 1. The van der Waals surface area contributed by atoms with Crippen molar-refractivity contribution < 1.29 is 38.2 Å². The molecule has 0 saturated heterocycles. The minimum atomic E-state index is -0.884. The lowest BCUT2D eigenvalue weighted by Crippen LogP contribution is -2.50. The highest BCUT2D eigenvalue weighted by Gasteiger charge is 2.31. The van der Waals surface area contributed by atoms with Crippen molar-refractivity contribution in [2.24, 2.45) is 0 Å². The van der Waals surface area contributed by atoms with E-state index in [1.54, 1.807) is 0 Å². The molecular weight excluding hydrogens is 691 g/mol. The zero-order valence-electron chi connectivity index (χ0n) is 35.6. The summed E-state index contributed by atoms with van der Waals surface area (Å²) in [7, 11) is 5.50. The molecule has 2 atom stereocenters. The van der Waals surface area contributed by atoms with Gasteiger partial charge in [0, 0.05) is 19.3 Å². The van der Waals surface area contributed by atoms with Crippen molar-refractivity contribution in [1.29, 1.82) is 0 Å². The lowest BCUT2D eigenvalue weighted by Gasteiger charge is -2.31. The molecule has 0 aliphatic heterocycles. The molecule has 0 aromatic heterocycles. The van der Waals surface area contributed by atoms with Crippen LogP contribution in [0.15, 0.2) is 72.9 Å². The van der Waals surface area contributed by atoms with Crippen molar-refractivity contribution >= 4 is 17.9 Å². The highest BCUT2D eigenvalue weighted by molar-refractivity contribution is 5.72. The summed E-state index contributed by atoms with van der Waals surface area (Å²) in [6, 6.07) is -0.624. The molecular formula is C47H80NO7+. The molecule has 1 N–H and O–H groups in total. The van der Waals surface area contributed by atoms with Gasteiger partial charge in [0.25, 0.3) is 0 Å². The van der Waals surface area contributed by atoms with Gasteiger partial charge in [-0.2, -0.15) is 0 Å². The number of rotatable bonds is 37. The minimum Gasteiger partial charge on any atom is -0.477 e. The van der Waals surface area contributed by atoms with Crippen molar-refractivity contribution in [3.05, 3.63) is 72.9 Å². The van der Waals surface area contributed by atoms with E-state index in [0.29, 0.717) is 19.3 Å². The van der Waals surface area contributed by atoms with Crippen LogP contribution in [0.5, 0.6) is 0 Å². The number of aliphatic carboxylic acids is 1. The van der Waals surface area contributed by atoms with Crippen LogP contribution in [0.25, 0.3) is 0 Å². The average molecular weight is 771 g/mol. The first-order valence-electron chi connectivity index (χ1n) is 21.5. The van der Waals surface area contributed by atoms with Crippen LogP contribution in [-0.2, 0) is 28.6 Å². The number of unbranched alkanes of at least 4 members (excludes halogenated alkanes) is 11. The number of ether oxygens (including phenoxy) is 3. The molecule has 0 aromatic carbocycles. The van der Waals surface area contributed by atoms with Gasteiger partial charge in [-0.1, -0.05) is 132 Å². The van der Waals surface area contributed by atoms with Crippen LogP contribution < -0.4 is 0 Å². The van der Waals surface area contributed by atoms with Gasteiger partial charge in [0.1, 0.15) is 6.61 Å². The van der Waals surface area contributed by atoms with E-state index in [9.17, 15) is 19.5 Å². The first-order valence-corrected chi connectivity index (χ1v) is 21.5. The maximum atomic E-state index is 12.7. The molecule has 0 heterocycles. The maximum absolute atomic E-state index is 12.7. The van der Waals surface area contributed by atoms with Gasteiger partial charge in [-0.05, 0) is 77.0 Å². The number of allylic oxidation sites excluding steroid dienone is 12. The Kier molecular flexibility index (Phi) is 35.5. The Bertz CT molecular complexity index is 1130. The van der Waals surface area contributed by atoms with Crippen molar-refractivity contribution in [3.8, 4) is 0 Å². The Labute approximate surface area is 336 Å². The minimum absolute atomic E-state index is 0.0431. The van der Waals surface area contributed by atoms with Crippen molar-refractivity contribution in [1.82, 2.24) is 0 Å². The van der Waals surface area contributed by atoms with Crippen LogP contribution >= 0.6 is 0 Å². The summed E-state index contributed by atoms with van der Waals surface area (Å²) in [4.78, 5) is 36.9. The van der Waals surface area contributed by atoms with Crippen molar-refractivity contribution in [2.75, 3.05) is 41.0 Å². The van der Waals surface area contributed by atoms with Crippen LogP contribution in [0.2, 0.25) is 0 Å². The second kappa shape index (κ2) is 37.7. The van der Waals surface area contributed by atoms with E-state index < -0.39 is 18.1 Å². The number of hydrogen-bond acceptors (Lipinski definition) is 6. The molecule has 0 aliphatic rings. The zero-order chi connectivity index (χ0) is 40.7. The summed E-state index contributed by atoms with van der Waals surface area (Å²) in [5.74, 6) is -1.53. The summed E-state index contributed by atoms with van der Waals surface area (Å²) in [5, 5.41) is 9.61. The van der Waals surface area contributed by atoms with Gasteiger partial charge in [-0.25, -0.2) is 4.79 Å². The van der Waals surface area contributed by atoms with Crippen LogP contribution in [0.3, 0.4) is 0 Å². The van der Waals surface area contributed by atoms with Crippen LogP contribution in [-0.4, -0.2) is 80.6 Å². The van der Waals surface area contributed by atoms with Gasteiger partial charge in [-0.3, -0.25) is 9.59 Å². The quantitative estimate of drug-likeness (QED) is 0.0291. The Morgan fingerprint density at radius 2 is 0.964 bits per heavy atom. The molecule has 55 heavy (non-hydrogen) atoms. The second-order valence-electron chi connectivity index (χ2n) is 15.2. The van der Waals surface area contributed by atoms with Gasteiger partial charge in [0.05, 0.1) is 34.4 Å². The van der Waals surface area contributed by atoms with E-state index in [1.165, 1.54) is 38.5 Å². The number of quaternary nitrogens is 1. The molecule has 0 radical (unpaired) electrons. The van der Waals surface area contributed by atoms with Gasteiger partial charge in [0.2, 0.25) is 0 Å².